The normalized spacial score (nSPS) is 27.1. The van der Waals surface area contributed by atoms with Crippen LogP contribution in [0.4, 0.5) is 0 Å². The highest BCUT2D eigenvalue weighted by molar-refractivity contribution is 5.83. The second kappa shape index (κ2) is 7.51. The summed E-state index contributed by atoms with van der Waals surface area (Å²) in [4.78, 5) is 23.5. The maximum Gasteiger partial charge on any atom is 0.325 e. The van der Waals surface area contributed by atoms with Crippen LogP contribution in [0, 0.1) is 23.7 Å². The van der Waals surface area contributed by atoms with Crippen molar-refractivity contribution in [3.05, 3.63) is 0 Å². The number of hydrogen-bond donors (Lipinski definition) is 1. The van der Waals surface area contributed by atoms with Crippen LogP contribution in [0.1, 0.15) is 47.0 Å². The standard InChI is InChI=1S/C15H27NO3/c1-5-19-14(17)9-16-15(18)13-8-11(4)6-7-12(13)10(2)3/h10-13H,5-9H2,1-4H3,(H,16,18)/t11-,12+,13+/m1/s1. The quantitative estimate of drug-likeness (QED) is 0.780. The molecule has 110 valence electrons. The lowest BCUT2D eigenvalue weighted by Crippen LogP contribution is -2.42. The molecule has 4 nitrogen and oxygen atoms in total. The predicted molar refractivity (Wildman–Crippen MR) is 74.5 cm³/mol. The van der Waals surface area contributed by atoms with Gasteiger partial charge in [0.05, 0.1) is 6.61 Å². The number of rotatable bonds is 5. The first kappa shape index (κ1) is 16.0. The second-order valence-electron chi connectivity index (χ2n) is 5.96. The monoisotopic (exact) mass is 269 g/mol. The molecule has 0 radical (unpaired) electrons. The first-order chi connectivity index (χ1) is 8.95. The van der Waals surface area contributed by atoms with Crippen LogP contribution in [0.2, 0.25) is 0 Å². The Labute approximate surface area is 116 Å². The van der Waals surface area contributed by atoms with E-state index in [0.717, 1.165) is 12.8 Å². The molecule has 0 aromatic carbocycles. The van der Waals surface area contributed by atoms with E-state index in [1.165, 1.54) is 6.42 Å². The van der Waals surface area contributed by atoms with Gasteiger partial charge in [-0.3, -0.25) is 9.59 Å². The van der Waals surface area contributed by atoms with E-state index in [2.05, 4.69) is 26.1 Å². The Balaban J connectivity index is 2.53. The lowest BCUT2D eigenvalue weighted by Gasteiger charge is -2.36. The number of esters is 1. The van der Waals surface area contributed by atoms with E-state index in [1.807, 2.05) is 0 Å². The topological polar surface area (TPSA) is 55.4 Å². The van der Waals surface area contributed by atoms with E-state index in [-0.39, 0.29) is 24.3 Å². The Morgan fingerprint density at radius 1 is 1.32 bits per heavy atom. The first-order valence-corrected chi connectivity index (χ1v) is 7.39. The summed E-state index contributed by atoms with van der Waals surface area (Å²) in [5.41, 5.74) is 0. The van der Waals surface area contributed by atoms with Crippen molar-refractivity contribution in [1.82, 2.24) is 5.32 Å². The molecule has 0 aromatic heterocycles. The summed E-state index contributed by atoms with van der Waals surface area (Å²) in [6.07, 6.45) is 3.23. The number of hydrogen-bond acceptors (Lipinski definition) is 3. The maximum absolute atomic E-state index is 12.2. The molecule has 0 unspecified atom stereocenters. The lowest BCUT2D eigenvalue weighted by atomic mass is 9.70. The molecule has 0 aliphatic heterocycles. The van der Waals surface area contributed by atoms with Gasteiger partial charge in [0.1, 0.15) is 6.54 Å². The van der Waals surface area contributed by atoms with Gasteiger partial charge in [-0.15, -0.1) is 0 Å². The van der Waals surface area contributed by atoms with Crippen LogP contribution in [0.3, 0.4) is 0 Å². The van der Waals surface area contributed by atoms with E-state index in [0.29, 0.717) is 24.4 Å². The van der Waals surface area contributed by atoms with Crippen molar-refractivity contribution in [2.24, 2.45) is 23.7 Å². The smallest absolute Gasteiger partial charge is 0.325 e. The summed E-state index contributed by atoms with van der Waals surface area (Å²) < 4.78 is 4.82. The van der Waals surface area contributed by atoms with Crippen LogP contribution in [-0.2, 0) is 14.3 Å². The summed E-state index contributed by atoms with van der Waals surface area (Å²) >= 11 is 0. The molecule has 0 bridgehead atoms. The van der Waals surface area contributed by atoms with Crippen molar-refractivity contribution in [1.29, 1.82) is 0 Å². The van der Waals surface area contributed by atoms with Crippen LogP contribution >= 0.6 is 0 Å². The number of carbonyl (C=O) groups excluding carboxylic acids is 2. The third-order valence-corrected chi connectivity index (χ3v) is 4.07. The van der Waals surface area contributed by atoms with Gasteiger partial charge < -0.3 is 10.1 Å². The third kappa shape index (κ3) is 4.84. The van der Waals surface area contributed by atoms with Crippen LogP contribution in [-0.4, -0.2) is 25.0 Å². The van der Waals surface area contributed by atoms with Gasteiger partial charge in [-0.25, -0.2) is 0 Å². The number of amides is 1. The SMILES string of the molecule is CCOC(=O)CNC(=O)[C@H]1C[C@H](C)CC[C@H]1C(C)C. The van der Waals surface area contributed by atoms with Crippen molar-refractivity contribution in [2.45, 2.75) is 47.0 Å². The zero-order valence-electron chi connectivity index (χ0n) is 12.6. The summed E-state index contributed by atoms with van der Waals surface area (Å²) in [6.45, 7) is 8.64. The van der Waals surface area contributed by atoms with Crippen LogP contribution in [0.15, 0.2) is 0 Å². The Kier molecular flexibility index (Phi) is 6.32. The molecule has 3 atom stereocenters. The number of ether oxygens (including phenoxy) is 1. The zero-order valence-corrected chi connectivity index (χ0v) is 12.6. The van der Waals surface area contributed by atoms with Gasteiger partial charge in [-0.05, 0) is 37.5 Å². The van der Waals surface area contributed by atoms with Gasteiger partial charge in [0, 0.05) is 5.92 Å². The molecule has 0 saturated heterocycles. The summed E-state index contributed by atoms with van der Waals surface area (Å²) in [5.74, 6) is 1.22. The van der Waals surface area contributed by atoms with Crippen LogP contribution < -0.4 is 5.32 Å². The molecule has 1 fully saturated rings. The molecule has 1 amide bonds. The maximum atomic E-state index is 12.2. The largest absolute Gasteiger partial charge is 0.465 e. The molecule has 0 spiro atoms. The van der Waals surface area contributed by atoms with E-state index in [1.54, 1.807) is 6.92 Å². The second-order valence-corrected chi connectivity index (χ2v) is 5.96. The molecular formula is C15H27NO3. The van der Waals surface area contributed by atoms with Crippen molar-refractivity contribution >= 4 is 11.9 Å². The van der Waals surface area contributed by atoms with Gasteiger partial charge in [-0.1, -0.05) is 27.2 Å². The fourth-order valence-corrected chi connectivity index (χ4v) is 3.01. The van der Waals surface area contributed by atoms with Gasteiger partial charge in [0.25, 0.3) is 0 Å². The highest BCUT2D eigenvalue weighted by Crippen LogP contribution is 2.37. The van der Waals surface area contributed by atoms with Crippen LogP contribution in [0.25, 0.3) is 0 Å². The van der Waals surface area contributed by atoms with Crippen molar-refractivity contribution in [3.8, 4) is 0 Å². The number of nitrogens with one attached hydrogen (secondary N) is 1. The Bertz CT molecular complexity index is 315. The van der Waals surface area contributed by atoms with Crippen LogP contribution in [0.5, 0.6) is 0 Å². The van der Waals surface area contributed by atoms with Crippen molar-refractivity contribution in [3.63, 3.8) is 0 Å². The number of carbonyl (C=O) groups is 2. The molecule has 1 N–H and O–H groups in total. The van der Waals surface area contributed by atoms with Crippen molar-refractivity contribution < 1.29 is 14.3 Å². The Morgan fingerprint density at radius 3 is 2.58 bits per heavy atom. The average Bonchev–Trinajstić information content (AvgIpc) is 2.35. The first-order valence-electron chi connectivity index (χ1n) is 7.39. The highest BCUT2D eigenvalue weighted by atomic mass is 16.5. The molecule has 19 heavy (non-hydrogen) atoms. The molecule has 0 heterocycles. The summed E-state index contributed by atoms with van der Waals surface area (Å²) in [6, 6.07) is 0. The minimum absolute atomic E-state index is 0.0115. The molecular weight excluding hydrogens is 242 g/mol. The molecule has 0 aromatic rings. The summed E-state index contributed by atoms with van der Waals surface area (Å²) in [7, 11) is 0. The lowest BCUT2D eigenvalue weighted by molar-refractivity contribution is -0.144. The molecule has 4 heteroatoms. The average molecular weight is 269 g/mol. The van der Waals surface area contributed by atoms with Crippen molar-refractivity contribution in [2.75, 3.05) is 13.2 Å². The van der Waals surface area contributed by atoms with Gasteiger partial charge in [-0.2, -0.15) is 0 Å². The summed E-state index contributed by atoms with van der Waals surface area (Å²) in [5, 5.41) is 2.73. The van der Waals surface area contributed by atoms with Gasteiger partial charge in [0.2, 0.25) is 5.91 Å². The van der Waals surface area contributed by atoms with Gasteiger partial charge in [0.15, 0.2) is 0 Å². The molecule has 1 aliphatic carbocycles. The zero-order chi connectivity index (χ0) is 14.4. The van der Waals surface area contributed by atoms with E-state index in [4.69, 9.17) is 4.74 Å². The highest BCUT2D eigenvalue weighted by Gasteiger charge is 2.35. The molecule has 1 rings (SSSR count). The Morgan fingerprint density at radius 2 is 2.00 bits per heavy atom. The minimum atomic E-state index is -0.360. The fraction of sp³-hybridized carbons (Fsp3) is 0.867. The van der Waals surface area contributed by atoms with E-state index < -0.39 is 0 Å². The third-order valence-electron chi connectivity index (χ3n) is 4.07. The van der Waals surface area contributed by atoms with Gasteiger partial charge >= 0.3 is 5.97 Å². The fourth-order valence-electron chi connectivity index (χ4n) is 3.01. The molecule has 1 saturated carbocycles. The van der Waals surface area contributed by atoms with E-state index >= 15 is 0 Å². The minimum Gasteiger partial charge on any atom is -0.465 e. The predicted octanol–water partition coefficient (Wildman–Crippen LogP) is 2.37. The molecule has 1 aliphatic rings. The van der Waals surface area contributed by atoms with E-state index in [9.17, 15) is 9.59 Å². The Hall–Kier alpha value is -1.06.